The van der Waals surface area contributed by atoms with Gasteiger partial charge in [-0.05, 0) is 97.3 Å². The van der Waals surface area contributed by atoms with Crippen LogP contribution in [0.15, 0.2) is 29.8 Å². The monoisotopic (exact) mass is 394 g/mol. The number of rotatable bonds is 2. The average Bonchev–Trinajstić information content (AvgIpc) is 2.99. The molecule has 4 aliphatic rings. The smallest absolute Gasteiger partial charge is 0.118 e. The van der Waals surface area contributed by atoms with Gasteiger partial charge in [-0.2, -0.15) is 0 Å². The summed E-state index contributed by atoms with van der Waals surface area (Å²) in [5.41, 5.74) is 3.08. The van der Waals surface area contributed by atoms with Crippen molar-refractivity contribution < 1.29 is 9.84 Å². The summed E-state index contributed by atoms with van der Waals surface area (Å²) in [5, 5.41) is 11.4. The molecule has 2 nitrogen and oxygen atoms in total. The highest BCUT2D eigenvalue weighted by Crippen LogP contribution is 2.67. The van der Waals surface area contributed by atoms with Crippen LogP contribution < -0.4 is 4.74 Å². The number of hydrogen-bond donors (Lipinski definition) is 1. The normalized spacial score (nSPS) is 45.4. The Kier molecular flexibility index (Phi) is 4.85. The van der Waals surface area contributed by atoms with Crippen LogP contribution in [0.3, 0.4) is 0 Å². The van der Waals surface area contributed by atoms with E-state index in [9.17, 15) is 5.11 Å². The van der Waals surface area contributed by atoms with Crippen molar-refractivity contribution in [1.82, 2.24) is 0 Å². The molecule has 0 aliphatic heterocycles. The lowest BCUT2D eigenvalue weighted by molar-refractivity contribution is -0.119. The van der Waals surface area contributed by atoms with Crippen LogP contribution in [0, 0.1) is 34.5 Å². The van der Waals surface area contributed by atoms with Crippen molar-refractivity contribution >= 4 is 6.08 Å². The molecule has 4 aliphatic carbocycles. The number of fused-ring (bicyclic) bond motifs is 5. The zero-order valence-electron chi connectivity index (χ0n) is 18.5. The molecule has 1 N–H and O–H groups in total. The Morgan fingerprint density at radius 1 is 0.931 bits per heavy atom. The zero-order valence-corrected chi connectivity index (χ0v) is 18.5. The molecular weight excluding hydrogens is 356 g/mol. The van der Waals surface area contributed by atoms with Gasteiger partial charge < -0.3 is 9.84 Å². The van der Waals surface area contributed by atoms with Gasteiger partial charge in [-0.1, -0.05) is 44.9 Å². The van der Waals surface area contributed by atoms with E-state index in [4.69, 9.17) is 4.74 Å². The minimum Gasteiger partial charge on any atom is -0.497 e. The average molecular weight is 395 g/mol. The van der Waals surface area contributed by atoms with Crippen molar-refractivity contribution in [1.29, 1.82) is 0 Å². The molecule has 5 unspecified atom stereocenters. The minimum atomic E-state index is -0.285. The summed E-state index contributed by atoms with van der Waals surface area (Å²) < 4.78 is 5.30. The van der Waals surface area contributed by atoms with Crippen LogP contribution in [0.25, 0.3) is 6.08 Å². The lowest BCUT2D eigenvalue weighted by Crippen LogP contribution is -2.53. The highest BCUT2D eigenvalue weighted by atomic mass is 16.5. The standard InChI is InChI=1S/C27H38O2/c1-26-14-5-4-6-20(26)9-12-22-23(26)13-15-27(2)24(22)17-19(25(27)28)16-18-7-10-21(29-3)11-8-18/h7-8,10-11,16,20,22-25,28H,4-6,9,12-15,17H2,1-3H3/b19-16-/t20?,22?,23?,24?,25?,26-,27-/m1/s1. The van der Waals surface area contributed by atoms with E-state index >= 15 is 0 Å². The molecule has 0 heterocycles. The van der Waals surface area contributed by atoms with Crippen molar-refractivity contribution in [3.8, 4) is 5.75 Å². The lowest BCUT2D eigenvalue weighted by Gasteiger charge is -2.60. The second kappa shape index (κ2) is 7.15. The summed E-state index contributed by atoms with van der Waals surface area (Å²) in [4.78, 5) is 0. The van der Waals surface area contributed by atoms with Crippen LogP contribution in [-0.2, 0) is 0 Å². The minimum absolute atomic E-state index is 0.0668. The van der Waals surface area contributed by atoms with Crippen molar-refractivity contribution in [3.05, 3.63) is 35.4 Å². The molecule has 4 saturated carbocycles. The Labute approximate surface area is 176 Å². The SMILES string of the molecule is COc1ccc(/C=C2/CC3C4CCC5CCCC[C@@]5(C)C4CC[C@@]3(C)C2O)cc1. The molecule has 0 bridgehead atoms. The van der Waals surface area contributed by atoms with E-state index < -0.39 is 0 Å². The maximum Gasteiger partial charge on any atom is 0.118 e. The molecule has 0 saturated heterocycles. The van der Waals surface area contributed by atoms with Gasteiger partial charge in [0.2, 0.25) is 0 Å². The highest BCUT2D eigenvalue weighted by molar-refractivity contribution is 5.56. The summed E-state index contributed by atoms with van der Waals surface area (Å²) in [6.45, 7) is 5.03. The maximum absolute atomic E-state index is 11.4. The fourth-order valence-electron chi connectivity index (χ4n) is 8.21. The van der Waals surface area contributed by atoms with E-state index in [0.29, 0.717) is 11.3 Å². The summed E-state index contributed by atoms with van der Waals surface area (Å²) in [7, 11) is 1.71. The van der Waals surface area contributed by atoms with Gasteiger partial charge in [0.05, 0.1) is 13.2 Å². The van der Waals surface area contributed by atoms with Gasteiger partial charge in [-0.25, -0.2) is 0 Å². The first-order valence-electron chi connectivity index (χ1n) is 12.0. The number of ether oxygens (including phenoxy) is 1. The second-order valence-electron chi connectivity index (χ2n) is 11.0. The molecule has 4 fully saturated rings. The predicted molar refractivity (Wildman–Crippen MR) is 119 cm³/mol. The van der Waals surface area contributed by atoms with Crippen LogP contribution in [0.1, 0.15) is 77.2 Å². The molecular formula is C27H38O2. The van der Waals surface area contributed by atoms with Crippen LogP contribution in [0.4, 0.5) is 0 Å². The molecule has 0 aromatic heterocycles. The summed E-state index contributed by atoms with van der Waals surface area (Å²) in [6, 6.07) is 8.26. The van der Waals surface area contributed by atoms with E-state index in [1.807, 2.05) is 12.1 Å². The zero-order chi connectivity index (χ0) is 20.2. The second-order valence-corrected chi connectivity index (χ2v) is 11.0. The number of aliphatic hydroxyl groups is 1. The van der Waals surface area contributed by atoms with Crippen LogP contribution in [0.2, 0.25) is 0 Å². The van der Waals surface area contributed by atoms with E-state index in [1.54, 1.807) is 7.11 Å². The van der Waals surface area contributed by atoms with Crippen molar-refractivity contribution in [2.75, 3.05) is 7.11 Å². The maximum atomic E-state index is 11.4. The van der Waals surface area contributed by atoms with Gasteiger partial charge in [0, 0.05) is 5.41 Å². The Balaban J connectivity index is 1.43. The van der Waals surface area contributed by atoms with E-state index in [2.05, 4.69) is 32.1 Å². The predicted octanol–water partition coefficient (Wildman–Crippen LogP) is 6.48. The fraction of sp³-hybridized carbons (Fsp3) is 0.704. The van der Waals surface area contributed by atoms with Crippen LogP contribution >= 0.6 is 0 Å². The Hall–Kier alpha value is -1.28. The topological polar surface area (TPSA) is 29.5 Å². The largest absolute Gasteiger partial charge is 0.497 e. The first-order chi connectivity index (χ1) is 14.0. The number of methoxy groups -OCH3 is 1. The van der Waals surface area contributed by atoms with Gasteiger partial charge in [-0.3, -0.25) is 0 Å². The first-order valence-corrected chi connectivity index (χ1v) is 12.0. The van der Waals surface area contributed by atoms with Crippen molar-refractivity contribution in [3.63, 3.8) is 0 Å². The molecule has 1 aromatic rings. The Morgan fingerprint density at radius 2 is 1.72 bits per heavy atom. The molecule has 29 heavy (non-hydrogen) atoms. The van der Waals surface area contributed by atoms with Gasteiger partial charge in [0.25, 0.3) is 0 Å². The molecule has 7 atom stereocenters. The lowest BCUT2D eigenvalue weighted by atomic mass is 9.45. The third kappa shape index (κ3) is 3.00. The number of benzene rings is 1. The molecule has 1 aromatic carbocycles. The molecule has 5 rings (SSSR count). The molecule has 2 heteroatoms. The quantitative estimate of drug-likeness (QED) is 0.622. The highest BCUT2D eigenvalue weighted by Gasteiger charge is 2.60. The third-order valence-electron chi connectivity index (χ3n) is 9.92. The van der Waals surface area contributed by atoms with Gasteiger partial charge in [0.1, 0.15) is 5.75 Å². The number of aliphatic hydroxyl groups excluding tert-OH is 1. The van der Waals surface area contributed by atoms with Gasteiger partial charge in [-0.15, -0.1) is 0 Å². The summed E-state index contributed by atoms with van der Waals surface area (Å²) >= 11 is 0. The van der Waals surface area contributed by atoms with Gasteiger partial charge >= 0.3 is 0 Å². The Morgan fingerprint density at radius 3 is 2.48 bits per heavy atom. The Bertz CT molecular complexity index is 780. The first kappa shape index (κ1) is 19.7. The molecule has 0 radical (unpaired) electrons. The van der Waals surface area contributed by atoms with Crippen LogP contribution in [-0.4, -0.2) is 18.3 Å². The molecule has 158 valence electrons. The van der Waals surface area contributed by atoms with Gasteiger partial charge in [0.15, 0.2) is 0 Å². The van der Waals surface area contributed by atoms with E-state index in [1.165, 1.54) is 62.5 Å². The fourth-order valence-corrected chi connectivity index (χ4v) is 8.21. The van der Waals surface area contributed by atoms with Crippen molar-refractivity contribution in [2.24, 2.45) is 34.5 Å². The third-order valence-corrected chi connectivity index (χ3v) is 9.92. The molecule has 0 spiro atoms. The number of hydrogen-bond acceptors (Lipinski definition) is 2. The molecule has 0 amide bonds. The summed E-state index contributed by atoms with van der Waals surface area (Å²) in [6.07, 6.45) is 14.2. The van der Waals surface area contributed by atoms with E-state index in [0.717, 1.165) is 29.9 Å². The van der Waals surface area contributed by atoms with E-state index in [-0.39, 0.29) is 11.5 Å². The van der Waals surface area contributed by atoms with Crippen LogP contribution in [0.5, 0.6) is 5.75 Å². The van der Waals surface area contributed by atoms with Crippen molar-refractivity contribution in [2.45, 2.75) is 77.7 Å². The summed E-state index contributed by atoms with van der Waals surface area (Å²) in [5.74, 6) is 4.19.